The maximum absolute atomic E-state index is 3.84. The quantitative estimate of drug-likeness (QED) is 0.288. The van der Waals surface area contributed by atoms with E-state index in [0.29, 0.717) is 5.92 Å². The Labute approximate surface area is 125 Å². The van der Waals surface area contributed by atoms with E-state index in [1.54, 1.807) is 0 Å². The molecule has 20 heavy (non-hydrogen) atoms. The Balaban J connectivity index is 2.32. The smallest absolute Gasteiger partial charge is 0.0486 e. The van der Waals surface area contributed by atoms with Crippen LogP contribution in [0.5, 0.6) is 0 Å². The summed E-state index contributed by atoms with van der Waals surface area (Å²) in [6, 6.07) is 10.5. The van der Waals surface area contributed by atoms with Crippen LogP contribution in [0.4, 0.5) is 0 Å². The number of hydrogen-bond donors (Lipinski definition) is 0. The van der Waals surface area contributed by atoms with Crippen molar-refractivity contribution >= 4 is 0 Å². The monoisotopic (exact) mass is 268 g/mol. The van der Waals surface area contributed by atoms with Gasteiger partial charge in [0.15, 0.2) is 0 Å². The lowest BCUT2D eigenvalue weighted by Gasteiger charge is -2.07. The normalized spacial score (nSPS) is 11.4. The Morgan fingerprint density at radius 3 is 2.45 bits per heavy atom. The molecule has 0 radical (unpaired) electrons. The number of hydrogen-bond acceptors (Lipinski definition) is 0. The molecule has 0 nitrogen and oxygen atoms in total. The van der Waals surface area contributed by atoms with Crippen molar-refractivity contribution in [3.8, 4) is 11.8 Å². The second-order valence-corrected chi connectivity index (χ2v) is 5.33. The molecule has 1 rings (SSSR count). The first-order valence-corrected chi connectivity index (χ1v) is 8.02. The van der Waals surface area contributed by atoms with E-state index in [1.807, 2.05) is 6.08 Å². The summed E-state index contributed by atoms with van der Waals surface area (Å²) in [5.41, 5.74) is 1.31. The standard InChI is InChI=1S/C20H28/c1-3-5-6-7-8-9-10-12-16-19(15-4-2)20-17-13-11-14-18-20/h4,11,13-14,17-19H,2-3,5-10,15H2,1H3. The predicted octanol–water partition coefficient (Wildman–Crippen LogP) is 6.10. The maximum Gasteiger partial charge on any atom is 0.0486 e. The summed E-state index contributed by atoms with van der Waals surface area (Å²) in [6.07, 6.45) is 12.0. The van der Waals surface area contributed by atoms with Crippen molar-refractivity contribution < 1.29 is 0 Å². The van der Waals surface area contributed by atoms with Gasteiger partial charge in [-0.15, -0.1) is 12.5 Å². The van der Waals surface area contributed by atoms with E-state index >= 15 is 0 Å². The van der Waals surface area contributed by atoms with Gasteiger partial charge in [-0.1, -0.05) is 81.4 Å². The van der Waals surface area contributed by atoms with Crippen LogP contribution in [0, 0.1) is 11.8 Å². The third kappa shape index (κ3) is 7.19. The molecule has 0 heteroatoms. The average Bonchev–Trinajstić information content (AvgIpc) is 2.50. The van der Waals surface area contributed by atoms with Gasteiger partial charge in [-0.3, -0.25) is 0 Å². The van der Waals surface area contributed by atoms with E-state index in [1.165, 1.54) is 44.1 Å². The summed E-state index contributed by atoms with van der Waals surface area (Å²) in [5, 5.41) is 0. The fourth-order valence-electron chi connectivity index (χ4n) is 2.32. The lowest BCUT2D eigenvalue weighted by molar-refractivity contribution is 0.613. The SMILES string of the molecule is C=CCC(C#CCCCCCCCC)c1ccccc1. The molecule has 0 saturated heterocycles. The first kappa shape index (κ1) is 16.6. The number of unbranched alkanes of at least 4 members (excludes halogenated alkanes) is 6. The van der Waals surface area contributed by atoms with Gasteiger partial charge in [0.05, 0.1) is 0 Å². The largest absolute Gasteiger partial charge is 0.103 e. The van der Waals surface area contributed by atoms with E-state index < -0.39 is 0 Å². The van der Waals surface area contributed by atoms with Crippen LogP contribution in [0.25, 0.3) is 0 Å². The zero-order valence-electron chi connectivity index (χ0n) is 12.9. The van der Waals surface area contributed by atoms with Crippen molar-refractivity contribution in [2.24, 2.45) is 0 Å². The molecular formula is C20H28. The molecule has 0 aromatic heterocycles. The number of rotatable bonds is 9. The Hall–Kier alpha value is -1.48. The molecule has 1 aromatic carbocycles. The third-order valence-electron chi connectivity index (χ3n) is 3.54. The fourth-order valence-corrected chi connectivity index (χ4v) is 2.32. The molecule has 0 aliphatic carbocycles. The number of allylic oxidation sites excluding steroid dienone is 1. The molecule has 1 aromatic rings. The highest BCUT2D eigenvalue weighted by molar-refractivity contribution is 5.28. The average molecular weight is 268 g/mol. The van der Waals surface area contributed by atoms with Crippen LogP contribution < -0.4 is 0 Å². The molecule has 0 fully saturated rings. The van der Waals surface area contributed by atoms with Gasteiger partial charge in [0, 0.05) is 12.3 Å². The van der Waals surface area contributed by atoms with Gasteiger partial charge in [-0.2, -0.15) is 0 Å². The van der Waals surface area contributed by atoms with Gasteiger partial charge in [0.25, 0.3) is 0 Å². The Morgan fingerprint density at radius 2 is 1.75 bits per heavy atom. The highest BCUT2D eigenvalue weighted by Gasteiger charge is 2.04. The second kappa shape index (κ2) is 11.4. The molecule has 0 spiro atoms. The lowest BCUT2D eigenvalue weighted by atomic mass is 9.96. The molecule has 1 unspecified atom stereocenters. The van der Waals surface area contributed by atoms with Crippen LogP contribution in [-0.2, 0) is 0 Å². The predicted molar refractivity (Wildman–Crippen MR) is 89.8 cm³/mol. The van der Waals surface area contributed by atoms with Crippen LogP contribution in [0.3, 0.4) is 0 Å². The van der Waals surface area contributed by atoms with Crippen LogP contribution in [0.1, 0.15) is 69.8 Å². The van der Waals surface area contributed by atoms with Crippen molar-refractivity contribution in [1.82, 2.24) is 0 Å². The maximum atomic E-state index is 3.84. The van der Waals surface area contributed by atoms with Crippen molar-refractivity contribution in [2.75, 3.05) is 0 Å². The highest BCUT2D eigenvalue weighted by Crippen LogP contribution is 2.18. The van der Waals surface area contributed by atoms with Gasteiger partial charge in [0.1, 0.15) is 0 Å². The van der Waals surface area contributed by atoms with Crippen molar-refractivity contribution in [1.29, 1.82) is 0 Å². The minimum Gasteiger partial charge on any atom is -0.103 e. The lowest BCUT2D eigenvalue weighted by Crippen LogP contribution is -1.93. The highest BCUT2D eigenvalue weighted by atomic mass is 14.1. The molecule has 0 amide bonds. The summed E-state index contributed by atoms with van der Waals surface area (Å²) in [4.78, 5) is 0. The first-order valence-electron chi connectivity index (χ1n) is 8.02. The molecule has 0 heterocycles. The molecule has 0 bridgehead atoms. The number of benzene rings is 1. The molecule has 0 N–H and O–H groups in total. The Bertz CT molecular complexity index is 405. The van der Waals surface area contributed by atoms with E-state index in [0.717, 1.165) is 12.8 Å². The summed E-state index contributed by atoms with van der Waals surface area (Å²) in [6.45, 7) is 6.10. The minimum absolute atomic E-state index is 0.314. The third-order valence-corrected chi connectivity index (χ3v) is 3.54. The van der Waals surface area contributed by atoms with Crippen LogP contribution in [0.2, 0.25) is 0 Å². The minimum atomic E-state index is 0.314. The van der Waals surface area contributed by atoms with E-state index in [9.17, 15) is 0 Å². The van der Waals surface area contributed by atoms with Crippen molar-refractivity contribution in [3.05, 3.63) is 48.6 Å². The zero-order chi connectivity index (χ0) is 14.5. The molecule has 108 valence electrons. The van der Waals surface area contributed by atoms with Crippen LogP contribution in [-0.4, -0.2) is 0 Å². The van der Waals surface area contributed by atoms with Gasteiger partial charge in [-0.05, 0) is 18.4 Å². The molecule has 0 aliphatic heterocycles. The zero-order valence-corrected chi connectivity index (χ0v) is 12.9. The van der Waals surface area contributed by atoms with Gasteiger partial charge >= 0.3 is 0 Å². The van der Waals surface area contributed by atoms with Gasteiger partial charge in [-0.25, -0.2) is 0 Å². The Morgan fingerprint density at radius 1 is 1.05 bits per heavy atom. The van der Waals surface area contributed by atoms with E-state index in [2.05, 4.69) is 55.7 Å². The van der Waals surface area contributed by atoms with Gasteiger partial charge in [0.2, 0.25) is 0 Å². The van der Waals surface area contributed by atoms with E-state index in [-0.39, 0.29) is 0 Å². The van der Waals surface area contributed by atoms with Crippen LogP contribution >= 0.6 is 0 Å². The van der Waals surface area contributed by atoms with Crippen molar-refractivity contribution in [3.63, 3.8) is 0 Å². The molecule has 0 aliphatic rings. The van der Waals surface area contributed by atoms with Crippen molar-refractivity contribution in [2.45, 2.75) is 64.2 Å². The molecule has 1 atom stereocenters. The topological polar surface area (TPSA) is 0 Å². The summed E-state index contributed by atoms with van der Waals surface area (Å²) < 4.78 is 0. The summed E-state index contributed by atoms with van der Waals surface area (Å²) in [7, 11) is 0. The van der Waals surface area contributed by atoms with E-state index in [4.69, 9.17) is 0 Å². The molecular weight excluding hydrogens is 240 g/mol. The summed E-state index contributed by atoms with van der Waals surface area (Å²) >= 11 is 0. The summed E-state index contributed by atoms with van der Waals surface area (Å²) in [5.74, 6) is 7.09. The first-order chi connectivity index (χ1) is 9.88. The Kier molecular flexibility index (Phi) is 9.41. The molecule has 0 saturated carbocycles. The fraction of sp³-hybridized carbons (Fsp3) is 0.500. The van der Waals surface area contributed by atoms with Crippen LogP contribution in [0.15, 0.2) is 43.0 Å². The second-order valence-electron chi connectivity index (χ2n) is 5.33. The van der Waals surface area contributed by atoms with Gasteiger partial charge < -0.3 is 0 Å².